The third kappa shape index (κ3) is 3.61. The topological polar surface area (TPSA) is 69.8 Å². The van der Waals surface area contributed by atoms with Crippen LogP contribution in [0.25, 0.3) is 38.2 Å². The first-order valence-corrected chi connectivity index (χ1v) is 13.6. The van der Waals surface area contributed by atoms with Crippen molar-refractivity contribution in [1.29, 1.82) is 0 Å². The molecule has 1 fully saturated rings. The molecule has 3 N–H and O–H groups in total. The number of hydrogen-bond acceptors (Lipinski definition) is 3. The maximum Gasteiger partial charge on any atom is 0.407 e. The molecule has 7 rings (SSSR count). The Hall–Kier alpha value is -4.09. The third-order valence-electron chi connectivity index (χ3n) is 8.63. The zero-order valence-corrected chi connectivity index (χ0v) is 21.4. The molecule has 1 heterocycles. The summed E-state index contributed by atoms with van der Waals surface area (Å²) < 4.78 is 0. The molecule has 5 heteroatoms. The lowest BCUT2D eigenvalue weighted by Crippen LogP contribution is -2.48. The van der Waals surface area contributed by atoms with Gasteiger partial charge in [-0.05, 0) is 63.3 Å². The smallest absolute Gasteiger partial charge is 0.407 e. The lowest BCUT2D eigenvalue weighted by molar-refractivity contribution is 0.142. The highest BCUT2D eigenvalue weighted by Crippen LogP contribution is 2.44. The molecule has 1 unspecified atom stereocenters. The molecule has 1 aliphatic heterocycles. The van der Waals surface area contributed by atoms with Crippen molar-refractivity contribution in [2.24, 2.45) is 5.73 Å². The van der Waals surface area contributed by atoms with Gasteiger partial charge in [0.25, 0.3) is 0 Å². The Morgan fingerprint density at radius 1 is 0.789 bits per heavy atom. The maximum absolute atomic E-state index is 11.6. The highest BCUT2D eigenvalue weighted by atomic mass is 16.4. The molecule has 1 saturated heterocycles. The zero-order valence-electron chi connectivity index (χ0n) is 21.4. The number of hydrogen-bond donors (Lipinski definition) is 2. The van der Waals surface area contributed by atoms with Crippen molar-refractivity contribution >= 4 is 38.9 Å². The van der Waals surface area contributed by atoms with E-state index in [1.807, 2.05) is 0 Å². The van der Waals surface area contributed by atoms with E-state index in [2.05, 4.69) is 83.8 Å². The second-order valence-corrected chi connectivity index (χ2v) is 10.6. The van der Waals surface area contributed by atoms with Crippen LogP contribution in [-0.2, 0) is 6.42 Å². The Balaban J connectivity index is 1.40. The summed E-state index contributed by atoms with van der Waals surface area (Å²) >= 11 is 0. The van der Waals surface area contributed by atoms with E-state index in [4.69, 9.17) is 5.73 Å². The molecule has 2 aliphatic carbocycles. The second kappa shape index (κ2) is 9.03. The predicted molar refractivity (Wildman–Crippen MR) is 156 cm³/mol. The van der Waals surface area contributed by atoms with Crippen molar-refractivity contribution in [1.82, 2.24) is 4.90 Å². The van der Waals surface area contributed by atoms with E-state index in [-0.39, 0.29) is 6.04 Å². The Morgan fingerprint density at radius 3 is 2.42 bits per heavy atom. The van der Waals surface area contributed by atoms with E-state index in [1.54, 1.807) is 0 Å². The molecule has 38 heavy (non-hydrogen) atoms. The summed E-state index contributed by atoms with van der Waals surface area (Å²) in [5.74, 6) is 0. The average Bonchev–Trinajstić information content (AvgIpc) is 2.96. The summed E-state index contributed by atoms with van der Waals surface area (Å²) in [5.41, 5.74) is 15.5. The van der Waals surface area contributed by atoms with Gasteiger partial charge in [-0.15, -0.1) is 0 Å². The van der Waals surface area contributed by atoms with E-state index in [0.29, 0.717) is 26.2 Å². The summed E-state index contributed by atoms with van der Waals surface area (Å²) in [4.78, 5) is 15.4. The van der Waals surface area contributed by atoms with Gasteiger partial charge in [-0.25, -0.2) is 4.79 Å². The molecular weight excluding hydrogens is 470 g/mol. The predicted octanol–water partition coefficient (Wildman–Crippen LogP) is 6.45. The summed E-state index contributed by atoms with van der Waals surface area (Å²) in [6.45, 7) is 2.37. The van der Waals surface area contributed by atoms with Crippen LogP contribution in [0.3, 0.4) is 0 Å². The van der Waals surface area contributed by atoms with Crippen LogP contribution in [0.2, 0.25) is 0 Å². The quantitative estimate of drug-likeness (QED) is 0.331. The van der Waals surface area contributed by atoms with E-state index in [9.17, 15) is 9.90 Å². The fourth-order valence-electron chi connectivity index (χ4n) is 6.74. The van der Waals surface area contributed by atoms with Gasteiger partial charge in [0.1, 0.15) is 0 Å². The monoisotopic (exact) mass is 501 g/mol. The Labute approximate surface area is 222 Å². The summed E-state index contributed by atoms with van der Waals surface area (Å²) in [6.07, 6.45) is 6.60. The van der Waals surface area contributed by atoms with Crippen LogP contribution < -0.4 is 10.6 Å². The van der Waals surface area contributed by atoms with Gasteiger partial charge in [-0.2, -0.15) is 0 Å². The third-order valence-corrected chi connectivity index (χ3v) is 8.63. The maximum atomic E-state index is 11.6. The molecule has 1 atom stereocenters. The number of amides is 1. The van der Waals surface area contributed by atoms with Gasteiger partial charge in [-0.3, -0.25) is 0 Å². The number of anilines is 1. The Bertz CT molecular complexity index is 1660. The first-order chi connectivity index (χ1) is 18.6. The number of nitrogens with zero attached hydrogens (tertiary/aromatic N) is 2. The molecule has 1 amide bonds. The number of allylic oxidation sites excluding steroid dienone is 2. The number of fused-ring (bicyclic) bond motifs is 5. The first kappa shape index (κ1) is 23.1. The van der Waals surface area contributed by atoms with Gasteiger partial charge >= 0.3 is 6.09 Å². The van der Waals surface area contributed by atoms with E-state index >= 15 is 0 Å². The fourth-order valence-corrected chi connectivity index (χ4v) is 6.74. The van der Waals surface area contributed by atoms with Crippen LogP contribution in [0.15, 0.2) is 84.5 Å². The number of rotatable bonds is 2. The van der Waals surface area contributed by atoms with Crippen molar-refractivity contribution in [3.05, 3.63) is 95.6 Å². The van der Waals surface area contributed by atoms with Crippen molar-refractivity contribution in [2.75, 3.05) is 31.1 Å². The summed E-state index contributed by atoms with van der Waals surface area (Å²) in [5, 5.41) is 14.5. The van der Waals surface area contributed by atoms with Crippen LogP contribution in [0.1, 0.15) is 24.0 Å². The molecule has 0 radical (unpaired) electrons. The van der Waals surface area contributed by atoms with Gasteiger partial charge in [-0.1, -0.05) is 78.9 Å². The standard InChI is InChI=1S/C33H31N3O2/c34-31-10-4-9-24-28-14-13-26-23(27(28)15-16-29(24)31)7-3-8-25(26)30-12-11-21-5-1-2-6-22(21)32(30)35-17-19-36(20-18-35)33(37)38/h1-9,11-14,31H,10,15-20,34H2,(H,37,38). The van der Waals surface area contributed by atoms with E-state index in [0.717, 1.165) is 19.3 Å². The number of carbonyl (C=O) groups is 1. The molecule has 0 saturated carbocycles. The van der Waals surface area contributed by atoms with Crippen molar-refractivity contribution in [2.45, 2.75) is 25.3 Å². The SMILES string of the molecule is NC1CC=CC2=C1CCc1c2ccc2c(-c3ccc4ccccc4c3N3CCN(C(=O)O)CC3)cccc12. The average molecular weight is 502 g/mol. The van der Waals surface area contributed by atoms with Gasteiger partial charge in [0, 0.05) is 43.2 Å². The van der Waals surface area contributed by atoms with Crippen LogP contribution in [-0.4, -0.2) is 48.3 Å². The Morgan fingerprint density at radius 2 is 1.58 bits per heavy atom. The molecule has 3 aliphatic rings. The highest BCUT2D eigenvalue weighted by Gasteiger charge is 2.27. The fraction of sp³-hybridized carbons (Fsp3) is 0.242. The van der Waals surface area contributed by atoms with Gasteiger partial charge in [0.05, 0.1) is 5.69 Å². The molecule has 0 bridgehead atoms. The molecule has 4 aromatic rings. The minimum Gasteiger partial charge on any atom is -0.465 e. The van der Waals surface area contributed by atoms with E-state index in [1.165, 1.54) is 65.5 Å². The number of nitrogens with two attached hydrogens (primary N) is 1. The van der Waals surface area contributed by atoms with Gasteiger partial charge in [0.2, 0.25) is 0 Å². The second-order valence-electron chi connectivity index (χ2n) is 10.6. The molecule has 0 spiro atoms. The number of piperazine rings is 1. The minimum absolute atomic E-state index is 0.131. The lowest BCUT2D eigenvalue weighted by atomic mass is 9.77. The number of carboxylic acid groups (broad SMARTS) is 1. The minimum atomic E-state index is -0.839. The Kier molecular flexibility index (Phi) is 5.48. The zero-order chi connectivity index (χ0) is 25.8. The normalized spacial score (nSPS) is 19.1. The summed E-state index contributed by atoms with van der Waals surface area (Å²) in [6, 6.07) is 24.4. The first-order valence-electron chi connectivity index (χ1n) is 13.6. The van der Waals surface area contributed by atoms with E-state index < -0.39 is 6.09 Å². The molecule has 190 valence electrons. The van der Waals surface area contributed by atoms with Crippen LogP contribution >= 0.6 is 0 Å². The molecular formula is C33H31N3O2. The van der Waals surface area contributed by atoms with Gasteiger partial charge < -0.3 is 20.6 Å². The van der Waals surface area contributed by atoms with Gasteiger partial charge in [0.15, 0.2) is 0 Å². The van der Waals surface area contributed by atoms with Crippen LogP contribution in [0.4, 0.5) is 10.5 Å². The molecule has 5 nitrogen and oxygen atoms in total. The van der Waals surface area contributed by atoms with Crippen LogP contribution in [0, 0.1) is 0 Å². The number of aryl methyl sites for hydroxylation is 1. The van der Waals surface area contributed by atoms with Crippen molar-refractivity contribution in [3.8, 4) is 11.1 Å². The van der Waals surface area contributed by atoms with Crippen molar-refractivity contribution < 1.29 is 9.90 Å². The molecule has 4 aromatic carbocycles. The van der Waals surface area contributed by atoms with Crippen LogP contribution in [0.5, 0.6) is 0 Å². The largest absolute Gasteiger partial charge is 0.465 e. The van der Waals surface area contributed by atoms with Crippen molar-refractivity contribution in [3.63, 3.8) is 0 Å². The molecule has 0 aromatic heterocycles. The number of benzene rings is 4. The summed E-state index contributed by atoms with van der Waals surface area (Å²) in [7, 11) is 0. The highest BCUT2D eigenvalue weighted by molar-refractivity contribution is 6.09. The lowest BCUT2D eigenvalue weighted by Gasteiger charge is -2.36.